The van der Waals surface area contributed by atoms with Crippen LogP contribution in [0.25, 0.3) is 0 Å². The van der Waals surface area contributed by atoms with Crippen molar-refractivity contribution in [1.82, 2.24) is 4.90 Å². The first-order valence-corrected chi connectivity index (χ1v) is 6.94. The number of ether oxygens (including phenoxy) is 1. The predicted octanol–water partition coefficient (Wildman–Crippen LogP) is 0.641. The fraction of sp³-hybridized carbons (Fsp3) is 0.533. The van der Waals surface area contributed by atoms with E-state index in [4.69, 9.17) is 10.5 Å². The first kappa shape index (κ1) is 13.4. The van der Waals surface area contributed by atoms with Gasteiger partial charge < -0.3 is 20.5 Å². The second kappa shape index (κ2) is 4.75. The lowest BCUT2D eigenvalue weighted by Crippen LogP contribution is -2.52. The van der Waals surface area contributed by atoms with Crippen LogP contribution in [0.15, 0.2) is 18.2 Å². The maximum atomic E-state index is 12.7. The number of benzene rings is 1. The molecule has 108 valence electrons. The molecular weight excluding hydrogens is 256 g/mol. The number of fused-ring (bicyclic) bond motifs is 1. The smallest absolute Gasteiger partial charge is 0.232 e. The molecule has 2 aliphatic rings. The minimum absolute atomic E-state index is 0.0523. The first-order chi connectivity index (χ1) is 9.50. The van der Waals surface area contributed by atoms with E-state index in [1.54, 1.807) is 12.1 Å². The van der Waals surface area contributed by atoms with Crippen molar-refractivity contribution >= 4 is 5.91 Å². The van der Waals surface area contributed by atoms with E-state index >= 15 is 0 Å². The molecule has 0 spiro atoms. The summed E-state index contributed by atoms with van der Waals surface area (Å²) in [5.41, 5.74) is 7.61. The molecule has 0 bridgehead atoms. The number of nitrogens with zero attached hydrogens (tertiary/aromatic N) is 1. The summed E-state index contributed by atoms with van der Waals surface area (Å²) in [5, 5.41) is 9.57. The SMILES string of the molecule is CC1(C(=O)N2CCc3ccc(O)cc3C2)COCC1N. The van der Waals surface area contributed by atoms with Gasteiger partial charge in [-0.15, -0.1) is 0 Å². The van der Waals surface area contributed by atoms with Crippen molar-refractivity contribution in [3.8, 4) is 5.75 Å². The molecule has 2 unspecified atom stereocenters. The van der Waals surface area contributed by atoms with Crippen LogP contribution in [0.1, 0.15) is 18.1 Å². The standard InChI is InChI=1S/C15H20N2O3/c1-15(9-20-8-13(15)16)14(19)17-5-4-10-2-3-12(18)6-11(10)7-17/h2-3,6,13,18H,4-5,7-9,16H2,1H3. The zero-order chi connectivity index (χ0) is 14.3. The van der Waals surface area contributed by atoms with Gasteiger partial charge in [0.1, 0.15) is 5.75 Å². The van der Waals surface area contributed by atoms with Gasteiger partial charge in [0.25, 0.3) is 0 Å². The molecule has 2 aliphatic heterocycles. The molecule has 2 heterocycles. The van der Waals surface area contributed by atoms with E-state index in [2.05, 4.69) is 0 Å². The Labute approximate surface area is 118 Å². The van der Waals surface area contributed by atoms with E-state index in [0.29, 0.717) is 26.3 Å². The van der Waals surface area contributed by atoms with Crippen LogP contribution in [-0.2, 0) is 22.5 Å². The van der Waals surface area contributed by atoms with Gasteiger partial charge in [0, 0.05) is 19.1 Å². The number of rotatable bonds is 1. The number of hydrogen-bond donors (Lipinski definition) is 2. The quantitative estimate of drug-likeness (QED) is 0.789. The average molecular weight is 276 g/mol. The largest absolute Gasteiger partial charge is 0.508 e. The number of amides is 1. The molecule has 1 aromatic carbocycles. The first-order valence-electron chi connectivity index (χ1n) is 6.94. The lowest BCUT2D eigenvalue weighted by Gasteiger charge is -2.36. The molecule has 1 aromatic rings. The van der Waals surface area contributed by atoms with Gasteiger partial charge in [0.05, 0.1) is 18.6 Å². The van der Waals surface area contributed by atoms with Crippen LogP contribution in [0.4, 0.5) is 0 Å². The number of phenols is 1. The Kier molecular flexibility index (Phi) is 3.18. The highest BCUT2D eigenvalue weighted by atomic mass is 16.5. The maximum absolute atomic E-state index is 12.7. The number of nitrogens with two attached hydrogens (primary N) is 1. The van der Waals surface area contributed by atoms with Crippen molar-refractivity contribution in [2.24, 2.45) is 11.1 Å². The van der Waals surface area contributed by atoms with E-state index < -0.39 is 5.41 Å². The zero-order valence-electron chi connectivity index (χ0n) is 11.6. The minimum Gasteiger partial charge on any atom is -0.508 e. The highest BCUT2D eigenvalue weighted by molar-refractivity contribution is 5.84. The molecule has 0 saturated carbocycles. The normalized spacial score (nSPS) is 29.3. The molecule has 0 aliphatic carbocycles. The van der Waals surface area contributed by atoms with Crippen molar-refractivity contribution in [1.29, 1.82) is 0 Å². The number of phenolic OH excluding ortho intramolecular Hbond substituents is 1. The number of carbonyl (C=O) groups is 1. The second-order valence-electron chi connectivity index (χ2n) is 5.97. The van der Waals surface area contributed by atoms with Crippen LogP contribution in [0, 0.1) is 5.41 Å². The summed E-state index contributed by atoms with van der Waals surface area (Å²) in [5.74, 6) is 0.293. The molecule has 3 N–H and O–H groups in total. The van der Waals surface area contributed by atoms with Crippen molar-refractivity contribution in [3.05, 3.63) is 29.3 Å². The molecule has 1 saturated heterocycles. The number of hydrogen-bond acceptors (Lipinski definition) is 4. The van der Waals surface area contributed by atoms with Crippen LogP contribution >= 0.6 is 0 Å². The summed E-state index contributed by atoms with van der Waals surface area (Å²) in [4.78, 5) is 14.6. The highest BCUT2D eigenvalue weighted by Gasteiger charge is 2.46. The lowest BCUT2D eigenvalue weighted by atomic mass is 9.83. The van der Waals surface area contributed by atoms with Gasteiger partial charge in [0.2, 0.25) is 5.91 Å². The molecule has 0 radical (unpaired) electrons. The van der Waals surface area contributed by atoms with E-state index in [0.717, 1.165) is 12.0 Å². The molecule has 1 fully saturated rings. The minimum atomic E-state index is -0.631. The van der Waals surface area contributed by atoms with Gasteiger partial charge in [-0.3, -0.25) is 4.79 Å². The monoisotopic (exact) mass is 276 g/mol. The summed E-state index contributed by atoms with van der Waals surface area (Å²) < 4.78 is 5.36. The van der Waals surface area contributed by atoms with Crippen LogP contribution in [0.3, 0.4) is 0 Å². The van der Waals surface area contributed by atoms with Crippen LogP contribution in [0.2, 0.25) is 0 Å². The number of carbonyl (C=O) groups excluding carboxylic acids is 1. The van der Waals surface area contributed by atoms with Crippen molar-refractivity contribution in [2.45, 2.75) is 25.9 Å². The van der Waals surface area contributed by atoms with Gasteiger partial charge in [-0.25, -0.2) is 0 Å². The molecule has 5 nitrogen and oxygen atoms in total. The van der Waals surface area contributed by atoms with E-state index in [-0.39, 0.29) is 17.7 Å². The maximum Gasteiger partial charge on any atom is 0.232 e. The molecule has 5 heteroatoms. The van der Waals surface area contributed by atoms with Gasteiger partial charge in [0.15, 0.2) is 0 Å². The van der Waals surface area contributed by atoms with Crippen molar-refractivity contribution in [3.63, 3.8) is 0 Å². The Morgan fingerprint density at radius 3 is 3.00 bits per heavy atom. The molecule has 1 amide bonds. The molecular formula is C15H20N2O3. The predicted molar refractivity (Wildman–Crippen MR) is 74.1 cm³/mol. The Morgan fingerprint density at radius 1 is 1.50 bits per heavy atom. The van der Waals surface area contributed by atoms with Crippen LogP contribution in [-0.4, -0.2) is 41.7 Å². The van der Waals surface area contributed by atoms with Gasteiger partial charge in [-0.05, 0) is 36.6 Å². The Balaban J connectivity index is 1.81. The van der Waals surface area contributed by atoms with Gasteiger partial charge in [-0.2, -0.15) is 0 Å². The summed E-state index contributed by atoms with van der Waals surface area (Å²) >= 11 is 0. The third-order valence-corrected chi connectivity index (χ3v) is 4.50. The van der Waals surface area contributed by atoms with Crippen LogP contribution < -0.4 is 5.73 Å². The van der Waals surface area contributed by atoms with Crippen molar-refractivity contribution in [2.75, 3.05) is 19.8 Å². The summed E-state index contributed by atoms with van der Waals surface area (Å²) in [7, 11) is 0. The van der Waals surface area contributed by atoms with Crippen LogP contribution in [0.5, 0.6) is 5.75 Å². The van der Waals surface area contributed by atoms with Crippen molar-refractivity contribution < 1.29 is 14.6 Å². The summed E-state index contributed by atoms with van der Waals surface area (Å²) in [6, 6.07) is 5.11. The average Bonchev–Trinajstić information content (AvgIpc) is 2.78. The highest BCUT2D eigenvalue weighted by Crippen LogP contribution is 2.32. The second-order valence-corrected chi connectivity index (χ2v) is 5.97. The Morgan fingerprint density at radius 2 is 2.30 bits per heavy atom. The topological polar surface area (TPSA) is 75.8 Å². The Hall–Kier alpha value is -1.59. The zero-order valence-corrected chi connectivity index (χ0v) is 11.6. The third-order valence-electron chi connectivity index (χ3n) is 4.50. The van der Waals surface area contributed by atoms with E-state index in [1.165, 1.54) is 5.56 Å². The molecule has 0 aromatic heterocycles. The number of aromatic hydroxyl groups is 1. The third kappa shape index (κ3) is 2.07. The van der Waals surface area contributed by atoms with Gasteiger partial charge in [-0.1, -0.05) is 6.07 Å². The fourth-order valence-electron chi connectivity index (χ4n) is 2.99. The molecule has 2 atom stereocenters. The van der Waals surface area contributed by atoms with E-state index in [1.807, 2.05) is 17.9 Å². The fourth-order valence-corrected chi connectivity index (χ4v) is 2.99. The van der Waals surface area contributed by atoms with E-state index in [9.17, 15) is 9.90 Å². The molecule has 20 heavy (non-hydrogen) atoms. The molecule has 3 rings (SSSR count). The van der Waals surface area contributed by atoms with Gasteiger partial charge >= 0.3 is 0 Å². The lowest BCUT2D eigenvalue weighted by molar-refractivity contribution is -0.142. The Bertz CT molecular complexity index is 546. The summed E-state index contributed by atoms with van der Waals surface area (Å²) in [6.45, 7) is 3.93. The summed E-state index contributed by atoms with van der Waals surface area (Å²) in [6.07, 6.45) is 0.813.